The fraction of sp³-hybridized carbons (Fsp3) is 0.222. The molecule has 0 aliphatic heterocycles. The highest BCUT2D eigenvalue weighted by Crippen LogP contribution is 2.22. The SMILES string of the molecule is CNc1nc(Sc2ncnn2C)nc(-n2cncn2)n1. The number of anilines is 1. The van der Waals surface area contributed by atoms with Gasteiger partial charge in [0.1, 0.15) is 19.0 Å². The van der Waals surface area contributed by atoms with Gasteiger partial charge in [-0.2, -0.15) is 29.8 Å². The van der Waals surface area contributed by atoms with E-state index in [4.69, 9.17) is 0 Å². The van der Waals surface area contributed by atoms with Crippen LogP contribution in [0.25, 0.3) is 5.95 Å². The minimum atomic E-state index is 0.381. The van der Waals surface area contributed by atoms with Gasteiger partial charge in [-0.25, -0.2) is 14.6 Å². The summed E-state index contributed by atoms with van der Waals surface area (Å²) in [6.45, 7) is 0. The van der Waals surface area contributed by atoms with Crippen molar-refractivity contribution in [2.24, 2.45) is 7.05 Å². The molecule has 3 heterocycles. The van der Waals surface area contributed by atoms with Crippen molar-refractivity contribution in [1.82, 2.24) is 44.5 Å². The molecule has 1 N–H and O–H groups in total. The summed E-state index contributed by atoms with van der Waals surface area (Å²) in [6.07, 6.45) is 4.41. The van der Waals surface area contributed by atoms with Crippen LogP contribution in [0.5, 0.6) is 0 Å². The summed E-state index contributed by atoms with van der Waals surface area (Å²) in [5.74, 6) is 0.821. The third-order valence-corrected chi connectivity index (χ3v) is 3.22. The largest absolute Gasteiger partial charge is 0.357 e. The number of rotatable bonds is 4. The van der Waals surface area contributed by atoms with Crippen LogP contribution in [-0.2, 0) is 7.05 Å². The lowest BCUT2D eigenvalue weighted by atomic mass is 10.8. The van der Waals surface area contributed by atoms with Gasteiger partial charge in [-0.3, -0.25) is 0 Å². The lowest BCUT2D eigenvalue weighted by Gasteiger charge is -2.05. The van der Waals surface area contributed by atoms with E-state index in [0.717, 1.165) is 0 Å². The highest BCUT2D eigenvalue weighted by molar-refractivity contribution is 7.99. The molecule has 0 aliphatic carbocycles. The molecule has 0 aliphatic rings. The Morgan fingerprint density at radius 1 is 1.15 bits per heavy atom. The molecule has 3 aromatic heterocycles. The normalized spacial score (nSPS) is 10.7. The van der Waals surface area contributed by atoms with Crippen molar-refractivity contribution < 1.29 is 0 Å². The van der Waals surface area contributed by atoms with Crippen LogP contribution < -0.4 is 5.32 Å². The van der Waals surface area contributed by atoms with Crippen molar-refractivity contribution in [2.45, 2.75) is 10.3 Å². The summed E-state index contributed by atoms with van der Waals surface area (Å²) in [6, 6.07) is 0. The lowest BCUT2D eigenvalue weighted by molar-refractivity contribution is 0.682. The first kappa shape index (κ1) is 12.5. The van der Waals surface area contributed by atoms with Crippen LogP contribution in [0, 0.1) is 0 Å². The number of hydrogen-bond donors (Lipinski definition) is 1. The van der Waals surface area contributed by atoms with Crippen molar-refractivity contribution in [3.8, 4) is 5.95 Å². The van der Waals surface area contributed by atoms with Gasteiger partial charge in [-0.15, -0.1) is 0 Å². The highest BCUT2D eigenvalue weighted by atomic mass is 32.2. The zero-order valence-corrected chi connectivity index (χ0v) is 11.5. The Kier molecular flexibility index (Phi) is 3.25. The maximum absolute atomic E-state index is 4.32. The smallest absolute Gasteiger partial charge is 0.257 e. The van der Waals surface area contributed by atoms with Crippen molar-refractivity contribution in [1.29, 1.82) is 0 Å². The van der Waals surface area contributed by atoms with Gasteiger partial charge in [0, 0.05) is 14.1 Å². The molecule has 11 heteroatoms. The molecule has 0 saturated heterocycles. The second-order valence-corrected chi connectivity index (χ2v) is 4.53. The van der Waals surface area contributed by atoms with Gasteiger partial charge in [-0.1, -0.05) is 0 Å². The van der Waals surface area contributed by atoms with Crippen LogP contribution in [0.15, 0.2) is 29.3 Å². The van der Waals surface area contributed by atoms with E-state index >= 15 is 0 Å². The Bertz CT molecular complexity index is 705. The number of aryl methyl sites for hydroxylation is 1. The molecule has 0 amide bonds. The average Bonchev–Trinajstić information content (AvgIpc) is 3.11. The van der Waals surface area contributed by atoms with Gasteiger partial charge in [0.25, 0.3) is 5.95 Å². The van der Waals surface area contributed by atoms with E-state index in [1.165, 1.54) is 35.4 Å². The molecule has 0 atom stereocenters. The van der Waals surface area contributed by atoms with E-state index in [2.05, 4.69) is 40.4 Å². The Hall–Kier alpha value is -2.56. The summed E-state index contributed by atoms with van der Waals surface area (Å²) in [5, 5.41) is 12.1. The topological polar surface area (TPSA) is 112 Å². The maximum atomic E-state index is 4.32. The number of aromatic nitrogens is 9. The molecular formula is C9H10N10S. The molecule has 3 rings (SSSR count). The van der Waals surface area contributed by atoms with E-state index in [-0.39, 0.29) is 0 Å². The molecule has 0 fully saturated rings. The molecule has 20 heavy (non-hydrogen) atoms. The minimum Gasteiger partial charge on any atom is -0.357 e. The van der Waals surface area contributed by atoms with Gasteiger partial charge in [0.2, 0.25) is 11.1 Å². The van der Waals surface area contributed by atoms with Gasteiger partial charge < -0.3 is 5.32 Å². The average molecular weight is 290 g/mol. The summed E-state index contributed by atoms with van der Waals surface area (Å²) < 4.78 is 3.10. The number of nitrogens with one attached hydrogen (secondary N) is 1. The zero-order valence-electron chi connectivity index (χ0n) is 10.7. The summed E-state index contributed by atoms with van der Waals surface area (Å²) in [5.41, 5.74) is 0. The van der Waals surface area contributed by atoms with Gasteiger partial charge in [0.05, 0.1) is 0 Å². The quantitative estimate of drug-likeness (QED) is 0.696. The summed E-state index contributed by atoms with van der Waals surface area (Å²) in [7, 11) is 3.53. The van der Waals surface area contributed by atoms with Crippen molar-refractivity contribution in [2.75, 3.05) is 12.4 Å². The number of nitrogens with zero attached hydrogens (tertiary/aromatic N) is 9. The van der Waals surface area contributed by atoms with Gasteiger partial charge in [0.15, 0.2) is 5.16 Å². The fourth-order valence-corrected chi connectivity index (χ4v) is 2.08. The van der Waals surface area contributed by atoms with E-state index in [9.17, 15) is 0 Å². The highest BCUT2D eigenvalue weighted by Gasteiger charge is 2.11. The minimum absolute atomic E-state index is 0.381. The van der Waals surface area contributed by atoms with Crippen LogP contribution in [-0.4, -0.2) is 51.5 Å². The predicted molar refractivity (Wildman–Crippen MR) is 69.4 cm³/mol. The number of hydrogen-bond acceptors (Lipinski definition) is 9. The second kappa shape index (κ2) is 5.21. The van der Waals surface area contributed by atoms with E-state index in [0.29, 0.717) is 22.2 Å². The Morgan fingerprint density at radius 3 is 2.70 bits per heavy atom. The third-order valence-electron chi connectivity index (χ3n) is 2.30. The molecule has 0 aromatic carbocycles. The summed E-state index contributed by atoms with van der Waals surface area (Å²) in [4.78, 5) is 20.8. The first-order chi connectivity index (χ1) is 9.76. The second-order valence-electron chi connectivity index (χ2n) is 3.60. The Balaban J connectivity index is 1.98. The van der Waals surface area contributed by atoms with Crippen LogP contribution >= 0.6 is 11.8 Å². The molecule has 0 radical (unpaired) electrons. The first-order valence-electron chi connectivity index (χ1n) is 5.57. The molecule has 0 bridgehead atoms. The Labute approximate surface area is 117 Å². The molecule has 0 unspecified atom stereocenters. The van der Waals surface area contributed by atoms with E-state index in [1.807, 2.05) is 0 Å². The van der Waals surface area contributed by atoms with Gasteiger partial charge in [-0.05, 0) is 11.8 Å². The van der Waals surface area contributed by atoms with Crippen LogP contribution in [0.3, 0.4) is 0 Å². The van der Waals surface area contributed by atoms with Crippen molar-refractivity contribution in [3.05, 3.63) is 19.0 Å². The monoisotopic (exact) mass is 290 g/mol. The predicted octanol–water partition coefficient (Wildman–Crippen LogP) is -0.226. The summed E-state index contributed by atoms with van der Waals surface area (Å²) >= 11 is 1.29. The molecule has 0 spiro atoms. The van der Waals surface area contributed by atoms with Crippen molar-refractivity contribution in [3.63, 3.8) is 0 Å². The van der Waals surface area contributed by atoms with Gasteiger partial charge >= 0.3 is 0 Å². The van der Waals surface area contributed by atoms with Crippen LogP contribution in [0.1, 0.15) is 0 Å². The maximum Gasteiger partial charge on any atom is 0.257 e. The standard InChI is InChI=1S/C9H10N10S/c1-10-6-15-7(19-5-11-3-14-19)17-8(16-6)20-9-12-4-13-18(9)2/h3-5H,1-2H3,(H,10,15,16,17). The van der Waals surface area contributed by atoms with Crippen molar-refractivity contribution >= 4 is 17.7 Å². The lowest BCUT2D eigenvalue weighted by Crippen LogP contribution is -2.08. The molecule has 10 nitrogen and oxygen atoms in total. The van der Waals surface area contributed by atoms with E-state index in [1.54, 1.807) is 18.8 Å². The Morgan fingerprint density at radius 2 is 2.05 bits per heavy atom. The molecule has 3 aromatic rings. The molecule has 102 valence electrons. The van der Waals surface area contributed by atoms with E-state index < -0.39 is 0 Å². The zero-order chi connectivity index (χ0) is 13.9. The fourth-order valence-electron chi connectivity index (χ4n) is 1.38. The molecular weight excluding hydrogens is 280 g/mol. The third kappa shape index (κ3) is 2.42. The first-order valence-corrected chi connectivity index (χ1v) is 6.38. The van der Waals surface area contributed by atoms with Crippen LogP contribution in [0.2, 0.25) is 0 Å². The molecule has 0 saturated carbocycles. The van der Waals surface area contributed by atoms with Crippen LogP contribution in [0.4, 0.5) is 5.95 Å².